The Kier molecular flexibility index (Phi) is 8.94. The van der Waals surface area contributed by atoms with Gasteiger partial charge in [0.1, 0.15) is 5.54 Å². The molecule has 0 saturated carbocycles. The Labute approximate surface area is 303 Å². The van der Waals surface area contributed by atoms with Crippen LogP contribution in [0.25, 0.3) is 22.0 Å². The summed E-state index contributed by atoms with van der Waals surface area (Å²) in [6, 6.07) is 40.8. The molecule has 3 aromatic heterocycles. The van der Waals surface area contributed by atoms with Crippen LogP contribution in [0.5, 0.6) is 0 Å². The van der Waals surface area contributed by atoms with Crippen molar-refractivity contribution in [3.8, 4) is 11.1 Å². The second-order valence-corrected chi connectivity index (χ2v) is 14.8. The van der Waals surface area contributed by atoms with E-state index in [-0.39, 0.29) is 11.6 Å². The first kappa shape index (κ1) is 33.3. The number of piperidine rings is 1. The van der Waals surface area contributed by atoms with E-state index in [9.17, 15) is 0 Å². The number of nitrogens with zero attached hydrogens (tertiary/aromatic N) is 4. The highest BCUT2D eigenvalue weighted by Gasteiger charge is 2.44. The zero-order chi connectivity index (χ0) is 35.0. The van der Waals surface area contributed by atoms with E-state index >= 15 is 13.2 Å². The van der Waals surface area contributed by atoms with Gasteiger partial charge in [-0.3, -0.25) is 9.67 Å². The van der Waals surface area contributed by atoms with Gasteiger partial charge in [0, 0.05) is 40.5 Å². The second kappa shape index (κ2) is 13.7. The minimum absolute atomic E-state index is 0.0118. The molecule has 1 aliphatic heterocycles. The fraction of sp³-hybridized carbons (Fsp3) is 0.167. The minimum Gasteiger partial charge on any atom is -0.363 e. The van der Waals surface area contributed by atoms with Crippen molar-refractivity contribution in [1.29, 1.82) is 0 Å². The van der Waals surface area contributed by atoms with E-state index in [0.717, 1.165) is 52.7 Å². The van der Waals surface area contributed by atoms with E-state index in [0.29, 0.717) is 5.56 Å². The Morgan fingerprint density at radius 1 is 0.784 bits per heavy atom. The number of hydrogen-bond donors (Lipinski definition) is 0. The van der Waals surface area contributed by atoms with Crippen molar-refractivity contribution in [3.05, 3.63) is 173 Å². The Hall–Kier alpha value is -4.86. The molecular weight excluding hydrogens is 682 g/mol. The van der Waals surface area contributed by atoms with Crippen LogP contribution in [0.1, 0.15) is 46.1 Å². The maximum Gasteiger partial charge on any atom is 0.435 e. The number of benzene rings is 4. The number of rotatable bonds is 8. The Morgan fingerprint density at radius 2 is 1.43 bits per heavy atom. The summed E-state index contributed by atoms with van der Waals surface area (Å²) in [6.07, 6.45) is 4.87. The molecule has 1 fully saturated rings. The predicted octanol–water partition coefficient (Wildman–Crippen LogP) is 11.3. The van der Waals surface area contributed by atoms with Gasteiger partial charge in [0.05, 0.1) is 15.8 Å². The van der Waals surface area contributed by atoms with Crippen molar-refractivity contribution in [2.75, 3.05) is 17.7 Å². The van der Waals surface area contributed by atoms with Crippen molar-refractivity contribution in [3.63, 3.8) is 0 Å². The fourth-order valence-corrected chi connectivity index (χ4v) is 9.11. The molecule has 4 aromatic carbocycles. The molecule has 4 nitrogen and oxygen atoms in total. The third-order valence-corrected chi connectivity index (χ3v) is 12.0. The zero-order valence-corrected chi connectivity index (χ0v) is 29.4. The van der Waals surface area contributed by atoms with Crippen LogP contribution in [0.15, 0.2) is 144 Å². The molecular formula is C42H34F3N4S2. The molecule has 4 heterocycles. The molecule has 0 aliphatic carbocycles. The topological polar surface area (TPSA) is 34.0 Å². The fourth-order valence-electron chi connectivity index (χ4n) is 7.42. The number of pyridine rings is 1. The second-order valence-electron chi connectivity index (χ2n) is 12.6. The quantitative estimate of drug-likeness (QED) is 0.116. The minimum atomic E-state index is -4.72. The summed E-state index contributed by atoms with van der Waals surface area (Å²) in [4.78, 5) is 8.31. The van der Waals surface area contributed by atoms with E-state index in [1.54, 1.807) is 41.6 Å². The standard InChI is InChI=1S/C42H34F3N4S2/c1-50-39-23-22-38(51-39)37-19-11-12-26-48(37)36-24-25-46-35-21-20-29(27-33(35)36)34-28-49(47-40(34)42(43,44)45)41(30-13-5-2-6-14-30,31-15-7-3-8-16-31)32-17-9-4-10-18-32/h2-11,13-18,20-25,27-28,37H,12,19,26H2,1H3. The first-order valence-electron chi connectivity index (χ1n) is 16.8. The monoisotopic (exact) mass is 715 g/mol. The Morgan fingerprint density at radius 3 is 2.02 bits per heavy atom. The van der Waals surface area contributed by atoms with Gasteiger partial charge >= 0.3 is 6.18 Å². The molecule has 1 saturated heterocycles. The molecule has 9 heteroatoms. The van der Waals surface area contributed by atoms with Crippen molar-refractivity contribution in [2.24, 2.45) is 0 Å². The summed E-state index contributed by atoms with van der Waals surface area (Å²) >= 11 is 3.53. The van der Waals surface area contributed by atoms with Crippen LogP contribution in [0.2, 0.25) is 0 Å². The average molecular weight is 716 g/mol. The van der Waals surface area contributed by atoms with E-state index in [1.807, 2.05) is 109 Å². The molecule has 7 aromatic rings. The van der Waals surface area contributed by atoms with Crippen molar-refractivity contribution in [1.82, 2.24) is 14.8 Å². The van der Waals surface area contributed by atoms with Crippen LogP contribution in [-0.2, 0) is 11.7 Å². The first-order chi connectivity index (χ1) is 24.9. The van der Waals surface area contributed by atoms with Crippen LogP contribution >= 0.6 is 23.1 Å². The SMILES string of the molecule is CSc1ccc(C2C[CH]CCN2c2ccnc3ccc(-c4cn(C(c5ccccc5)(c5ccccc5)c5ccccc5)nc4C(F)(F)F)cc23)s1. The number of fused-ring (bicyclic) bond motifs is 1. The number of halogens is 3. The average Bonchev–Trinajstić information content (AvgIpc) is 3.85. The van der Waals surface area contributed by atoms with Crippen LogP contribution in [-0.4, -0.2) is 27.6 Å². The number of hydrogen-bond acceptors (Lipinski definition) is 5. The first-order valence-corrected chi connectivity index (χ1v) is 18.9. The molecule has 1 aliphatic rings. The van der Waals surface area contributed by atoms with Gasteiger partial charge in [0.25, 0.3) is 0 Å². The lowest BCUT2D eigenvalue weighted by Crippen LogP contribution is -2.38. The van der Waals surface area contributed by atoms with Crippen LogP contribution in [0.3, 0.4) is 0 Å². The zero-order valence-electron chi connectivity index (χ0n) is 27.8. The third-order valence-electron chi connectivity index (χ3n) is 9.71. The molecule has 255 valence electrons. The number of thiophene rings is 1. The van der Waals surface area contributed by atoms with E-state index in [4.69, 9.17) is 0 Å². The van der Waals surface area contributed by atoms with Crippen molar-refractivity contribution >= 4 is 39.7 Å². The van der Waals surface area contributed by atoms with E-state index in [2.05, 4.69) is 39.8 Å². The van der Waals surface area contributed by atoms with Gasteiger partial charge in [-0.15, -0.1) is 23.1 Å². The Bertz CT molecular complexity index is 2170. The molecule has 0 bridgehead atoms. The maximum atomic E-state index is 15.2. The van der Waals surface area contributed by atoms with Gasteiger partial charge in [-0.1, -0.05) is 97.1 Å². The molecule has 1 atom stereocenters. The van der Waals surface area contributed by atoms with Gasteiger partial charge in [-0.25, -0.2) is 0 Å². The molecule has 0 amide bonds. The highest BCUT2D eigenvalue weighted by Crippen LogP contribution is 2.46. The lowest BCUT2D eigenvalue weighted by Gasteiger charge is -2.37. The van der Waals surface area contributed by atoms with Crippen LogP contribution in [0, 0.1) is 6.42 Å². The smallest absolute Gasteiger partial charge is 0.363 e. The highest BCUT2D eigenvalue weighted by molar-refractivity contribution is 8.00. The summed E-state index contributed by atoms with van der Waals surface area (Å²) in [6.45, 7) is 0.806. The largest absolute Gasteiger partial charge is 0.435 e. The summed E-state index contributed by atoms with van der Waals surface area (Å²) in [5.74, 6) is 0. The van der Waals surface area contributed by atoms with Gasteiger partial charge in [0.15, 0.2) is 5.69 Å². The number of anilines is 1. The van der Waals surface area contributed by atoms with Crippen molar-refractivity contribution < 1.29 is 13.2 Å². The highest BCUT2D eigenvalue weighted by atomic mass is 32.2. The lowest BCUT2D eigenvalue weighted by molar-refractivity contribution is -0.141. The number of alkyl halides is 3. The third kappa shape index (κ3) is 6.02. The molecule has 51 heavy (non-hydrogen) atoms. The van der Waals surface area contributed by atoms with Crippen LogP contribution < -0.4 is 4.90 Å². The van der Waals surface area contributed by atoms with E-state index in [1.165, 1.54) is 13.8 Å². The van der Waals surface area contributed by atoms with Gasteiger partial charge in [0.2, 0.25) is 0 Å². The Balaban J connectivity index is 1.34. The molecule has 8 rings (SSSR count). The molecule has 0 spiro atoms. The summed E-state index contributed by atoms with van der Waals surface area (Å²) in [5.41, 5.74) is 2.38. The number of aromatic nitrogens is 3. The lowest BCUT2D eigenvalue weighted by atomic mass is 9.77. The van der Waals surface area contributed by atoms with Gasteiger partial charge in [-0.2, -0.15) is 18.3 Å². The summed E-state index contributed by atoms with van der Waals surface area (Å²) in [7, 11) is 0. The molecule has 1 unspecified atom stereocenters. The van der Waals surface area contributed by atoms with E-state index < -0.39 is 17.4 Å². The summed E-state index contributed by atoms with van der Waals surface area (Å²) < 4.78 is 48.4. The number of thioether (sulfide) groups is 1. The van der Waals surface area contributed by atoms with Crippen LogP contribution in [0.4, 0.5) is 18.9 Å². The summed E-state index contributed by atoms with van der Waals surface area (Å²) in [5, 5.41) is 5.28. The van der Waals surface area contributed by atoms with Crippen molar-refractivity contribution in [2.45, 2.75) is 34.8 Å². The molecule has 1 radical (unpaired) electrons. The van der Waals surface area contributed by atoms with Gasteiger partial charge in [-0.05, 0) is 78.1 Å². The molecule has 0 N–H and O–H groups in total. The maximum absolute atomic E-state index is 15.2. The predicted molar refractivity (Wildman–Crippen MR) is 202 cm³/mol. The van der Waals surface area contributed by atoms with Gasteiger partial charge < -0.3 is 4.90 Å². The normalized spacial score (nSPS) is 15.4.